The summed E-state index contributed by atoms with van der Waals surface area (Å²) >= 11 is 0. The first-order chi connectivity index (χ1) is 9.12. The van der Waals surface area contributed by atoms with Crippen LogP contribution in [0, 0.1) is 0 Å². The first-order valence-electron chi connectivity index (χ1n) is 8.07. The van der Waals surface area contributed by atoms with Gasteiger partial charge in [-0.1, -0.05) is 45.4 Å². The van der Waals surface area contributed by atoms with Crippen molar-refractivity contribution in [3.8, 4) is 0 Å². The number of nitrogens with one attached hydrogen (secondary N) is 1. The summed E-state index contributed by atoms with van der Waals surface area (Å²) < 4.78 is 5.28. The molecule has 1 saturated carbocycles. The third-order valence-electron chi connectivity index (χ3n) is 4.13. The molecule has 1 fully saturated rings. The van der Waals surface area contributed by atoms with Crippen LogP contribution in [0.25, 0.3) is 0 Å². The van der Waals surface area contributed by atoms with Gasteiger partial charge in [0.1, 0.15) is 5.54 Å². The molecule has 0 aromatic carbocycles. The summed E-state index contributed by atoms with van der Waals surface area (Å²) in [5.74, 6) is -0.0725. The second-order valence-electron chi connectivity index (χ2n) is 5.99. The van der Waals surface area contributed by atoms with E-state index in [1.807, 2.05) is 13.8 Å². The zero-order chi connectivity index (χ0) is 14.1. The van der Waals surface area contributed by atoms with Crippen LogP contribution in [-0.4, -0.2) is 24.2 Å². The molecule has 1 N–H and O–H groups in total. The molecule has 0 saturated heterocycles. The van der Waals surface area contributed by atoms with Crippen LogP contribution in [0.1, 0.15) is 78.6 Å². The summed E-state index contributed by atoms with van der Waals surface area (Å²) in [6.07, 6.45) is 10.6. The van der Waals surface area contributed by atoms with E-state index in [0.717, 1.165) is 12.8 Å². The lowest BCUT2D eigenvalue weighted by molar-refractivity contribution is -0.151. The molecule has 19 heavy (non-hydrogen) atoms. The van der Waals surface area contributed by atoms with Crippen LogP contribution in [0.2, 0.25) is 0 Å². The van der Waals surface area contributed by atoms with Gasteiger partial charge in [0, 0.05) is 6.04 Å². The maximum Gasteiger partial charge on any atom is 0.326 e. The van der Waals surface area contributed by atoms with Gasteiger partial charge in [-0.3, -0.25) is 10.1 Å². The number of hydrogen-bond donors (Lipinski definition) is 1. The second kappa shape index (κ2) is 8.57. The van der Waals surface area contributed by atoms with E-state index in [-0.39, 0.29) is 5.97 Å². The lowest BCUT2D eigenvalue weighted by atomic mass is 9.89. The molecule has 0 bridgehead atoms. The van der Waals surface area contributed by atoms with E-state index in [1.165, 1.54) is 44.9 Å². The Kier molecular flexibility index (Phi) is 7.44. The average molecular weight is 269 g/mol. The topological polar surface area (TPSA) is 38.3 Å². The van der Waals surface area contributed by atoms with Gasteiger partial charge in [-0.25, -0.2) is 0 Å². The van der Waals surface area contributed by atoms with E-state index in [4.69, 9.17) is 4.74 Å². The van der Waals surface area contributed by atoms with Crippen LogP contribution in [0.15, 0.2) is 0 Å². The fourth-order valence-corrected chi connectivity index (χ4v) is 2.95. The van der Waals surface area contributed by atoms with Crippen molar-refractivity contribution >= 4 is 5.97 Å². The molecule has 112 valence electrons. The number of unbranched alkanes of at least 4 members (excludes halogenated alkanes) is 2. The van der Waals surface area contributed by atoms with Crippen molar-refractivity contribution < 1.29 is 9.53 Å². The van der Waals surface area contributed by atoms with Crippen LogP contribution in [0.5, 0.6) is 0 Å². The SMILES string of the molecule is CCCCCC(C)(NC1CCCCC1)C(=O)OCC. The highest BCUT2D eigenvalue weighted by atomic mass is 16.5. The Morgan fingerprint density at radius 1 is 1.21 bits per heavy atom. The van der Waals surface area contributed by atoms with Crippen molar-refractivity contribution in [3.05, 3.63) is 0 Å². The van der Waals surface area contributed by atoms with Gasteiger partial charge in [0.15, 0.2) is 0 Å². The highest BCUT2D eigenvalue weighted by Crippen LogP contribution is 2.23. The molecule has 1 atom stereocenters. The molecular formula is C16H31NO2. The average Bonchev–Trinajstić information content (AvgIpc) is 2.40. The number of hydrogen-bond acceptors (Lipinski definition) is 3. The minimum atomic E-state index is -0.493. The highest BCUT2D eigenvalue weighted by molar-refractivity contribution is 5.80. The zero-order valence-corrected chi connectivity index (χ0v) is 13.0. The van der Waals surface area contributed by atoms with Crippen molar-refractivity contribution in [3.63, 3.8) is 0 Å². The highest BCUT2D eigenvalue weighted by Gasteiger charge is 2.36. The van der Waals surface area contributed by atoms with Crippen molar-refractivity contribution in [2.24, 2.45) is 0 Å². The summed E-state index contributed by atoms with van der Waals surface area (Å²) in [5, 5.41) is 3.60. The zero-order valence-electron chi connectivity index (χ0n) is 13.0. The molecule has 0 aromatic rings. The van der Waals surface area contributed by atoms with Gasteiger partial charge < -0.3 is 4.74 Å². The van der Waals surface area contributed by atoms with Crippen LogP contribution >= 0.6 is 0 Å². The van der Waals surface area contributed by atoms with Gasteiger partial charge in [0.2, 0.25) is 0 Å². The predicted molar refractivity (Wildman–Crippen MR) is 79.2 cm³/mol. The van der Waals surface area contributed by atoms with Gasteiger partial charge in [0.05, 0.1) is 6.61 Å². The van der Waals surface area contributed by atoms with E-state index < -0.39 is 5.54 Å². The van der Waals surface area contributed by atoms with Gasteiger partial charge >= 0.3 is 5.97 Å². The third kappa shape index (κ3) is 5.52. The molecule has 0 radical (unpaired) electrons. The summed E-state index contributed by atoms with van der Waals surface area (Å²) in [5.41, 5.74) is -0.493. The fourth-order valence-electron chi connectivity index (χ4n) is 2.95. The Morgan fingerprint density at radius 3 is 2.47 bits per heavy atom. The molecule has 1 rings (SSSR count). The van der Waals surface area contributed by atoms with Crippen LogP contribution in [-0.2, 0) is 9.53 Å². The van der Waals surface area contributed by atoms with Gasteiger partial charge in [-0.15, -0.1) is 0 Å². The minimum absolute atomic E-state index is 0.0725. The minimum Gasteiger partial charge on any atom is -0.465 e. The van der Waals surface area contributed by atoms with Crippen molar-refractivity contribution in [1.82, 2.24) is 5.32 Å². The summed E-state index contributed by atoms with van der Waals surface area (Å²) in [6, 6.07) is 0.491. The van der Waals surface area contributed by atoms with Crippen LogP contribution in [0.4, 0.5) is 0 Å². The molecule has 0 spiro atoms. The van der Waals surface area contributed by atoms with Crippen LogP contribution in [0.3, 0.4) is 0 Å². The predicted octanol–water partition coefficient (Wildman–Crippen LogP) is 3.81. The van der Waals surface area contributed by atoms with E-state index in [1.54, 1.807) is 0 Å². The van der Waals surface area contributed by atoms with Gasteiger partial charge in [-0.05, 0) is 33.1 Å². The molecule has 0 aromatic heterocycles. The van der Waals surface area contributed by atoms with E-state index in [0.29, 0.717) is 12.6 Å². The Labute approximate surface area is 118 Å². The number of esters is 1. The van der Waals surface area contributed by atoms with Crippen molar-refractivity contribution in [2.45, 2.75) is 90.1 Å². The maximum atomic E-state index is 12.2. The lowest BCUT2D eigenvalue weighted by Crippen LogP contribution is -2.55. The molecule has 0 aliphatic heterocycles. The fraction of sp³-hybridized carbons (Fsp3) is 0.938. The molecule has 3 heteroatoms. The number of carbonyl (C=O) groups is 1. The van der Waals surface area contributed by atoms with Crippen molar-refractivity contribution in [2.75, 3.05) is 6.61 Å². The largest absolute Gasteiger partial charge is 0.465 e. The Bertz CT molecular complexity index is 261. The summed E-state index contributed by atoms with van der Waals surface area (Å²) in [6.45, 7) is 6.56. The molecule has 3 nitrogen and oxygen atoms in total. The van der Waals surface area contributed by atoms with Gasteiger partial charge in [0.25, 0.3) is 0 Å². The van der Waals surface area contributed by atoms with Crippen molar-refractivity contribution in [1.29, 1.82) is 0 Å². The number of carbonyl (C=O) groups excluding carboxylic acids is 1. The normalized spacial score (nSPS) is 19.9. The second-order valence-corrected chi connectivity index (χ2v) is 5.99. The maximum absolute atomic E-state index is 12.2. The standard InChI is InChI=1S/C16H31NO2/c1-4-6-10-13-16(3,15(18)19-5-2)17-14-11-8-7-9-12-14/h14,17H,4-13H2,1-3H3. The molecule has 0 heterocycles. The van der Waals surface area contributed by atoms with E-state index >= 15 is 0 Å². The monoisotopic (exact) mass is 269 g/mol. The van der Waals surface area contributed by atoms with Crippen LogP contribution < -0.4 is 5.32 Å². The molecular weight excluding hydrogens is 238 g/mol. The molecule has 0 amide bonds. The molecule has 1 aliphatic carbocycles. The van der Waals surface area contributed by atoms with Gasteiger partial charge in [-0.2, -0.15) is 0 Å². The Hall–Kier alpha value is -0.570. The third-order valence-corrected chi connectivity index (χ3v) is 4.13. The smallest absolute Gasteiger partial charge is 0.326 e. The number of rotatable bonds is 8. The number of ether oxygens (including phenoxy) is 1. The Morgan fingerprint density at radius 2 is 1.89 bits per heavy atom. The quantitative estimate of drug-likeness (QED) is 0.538. The van der Waals surface area contributed by atoms with E-state index in [9.17, 15) is 4.79 Å². The van der Waals surface area contributed by atoms with E-state index in [2.05, 4.69) is 12.2 Å². The lowest BCUT2D eigenvalue weighted by Gasteiger charge is -2.35. The first-order valence-corrected chi connectivity index (χ1v) is 8.07. The summed E-state index contributed by atoms with van der Waals surface area (Å²) in [7, 11) is 0. The summed E-state index contributed by atoms with van der Waals surface area (Å²) in [4.78, 5) is 12.2. The Balaban J connectivity index is 2.57. The molecule has 1 aliphatic rings. The molecule has 1 unspecified atom stereocenters. The first kappa shape index (κ1) is 16.5.